The minimum atomic E-state index is -0.469. The molecular formula is C9H15ClN4O. The summed E-state index contributed by atoms with van der Waals surface area (Å²) in [6.07, 6.45) is 1.51. The average Bonchev–Trinajstić information content (AvgIpc) is 2.21. The molecule has 0 atom stereocenters. The van der Waals surface area contributed by atoms with Gasteiger partial charge in [0.1, 0.15) is 5.02 Å². The number of aliphatic hydroxyl groups excluding tert-OH is 1. The third kappa shape index (κ3) is 3.21. The summed E-state index contributed by atoms with van der Waals surface area (Å²) >= 11 is 5.92. The Morgan fingerprint density at radius 1 is 1.53 bits per heavy atom. The van der Waals surface area contributed by atoms with Gasteiger partial charge in [-0.05, 0) is 13.8 Å². The number of aromatic nitrogens is 2. The molecule has 0 aromatic carbocycles. The largest absolute Gasteiger partial charge is 0.394 e. The molecule has 0 spiro atoms. The molecule has 1 aromatic heterocycles. The van der Waals surface area contributed by atoms with Gasteiger partial charge in [-0.25, -0.2) is 4.98 Å². The molecule has 0 bridgehead atoms. The second-order valence-corrected chi connectivity index (χ2v) is 4.21. The van der Waals surface area contributed by atoms with Crippen molar-refractivity contribution in [2.24, 2.45) is 0 Å². The van der Waals surface area contributed by atoms with Gasteiger partial charge in [-0.2, -0.15) is 4.98 Å². The third-order valence-electron chi connectivity index (χ3n) is 1.82. The number of halogens is 1. The summed E-state index contributed by atoms with van der Waals surface area (Å²) in [6.45, 7) is 3.69. The molecule has 0 radical (unpaired) electrons. The van der Waals surface area contributed by atoms with E-state index in [1.165, 1.54) is 6.20 Å². The highest BCUT2D eigenvalue weighted by atomic mass is 35.5. The maximum Gasteiger partial charge on any atom is 0.224 e. The van der Waals surface area contributed by atoms with Gasteiger partial charge in [0.05, 0.1) is 18.3 Å². The summed E-state index contributed by atoms with van der Waals surface area (Å²) in [5, 5.41) is 15.4. The number of nitrogens with zero attached hydrogens (tertiary/aromatic N) is 2. The van der Waals surface area contributed by atoms with Crippen LogP contribution in [-0.2, 0) is 0 Å². The van der Waals surface area contributed by atoms with E-state index >= 15 is 0 Å². The maximum atomic E-state index is 9.11. The molecule has 3 N–H and O–H groups in total. The zero-order valence-corrected chi connectivity index (χ0v) is 9.76. The Morgan fingerprint density at radius 3 is 2.73 bits per heavy atom. The molecule has 84 valence electrons. The Bertz CT molecular complexity index is 343. The van der Waals surface area contributed by atoms with Crippen LogP contribution >= 0.6 is 11.6 Å². The topological polar surface area (TPSA) is 70.1 Å². The number of rotatable bonds is 4. The zero-order chi connectivity index (χ0) is 11.5. The average molecular weight is 231 g/mol. The van der Waals surface area contributed by atoms with E-state index in [-0.39, 0.29) is 6.61 Å². The van der Waals surface area contributed by atoms with E-state index in [0.717, 1.165) is 0 Å². The summed E-state index contributed by atoms with van der Waals surface area (Å²) in [6, 6.07) is 0. The highest BCUT2D eigenvalue weighted by Gasteiger charge is 2.18. The van der Waals surface area contributed by atoms with Crippen molar-refractivity contribution >= 4 is 23.4 Å². The second-order valence-electron chi connectivity index (χ2n) is 3.81. The molecule has 15 heavy (non-hydrogen) atoms. The van der Waals surface area contributed by atoms with Crippen molar-refractivity contribution in [1.82, 2.24) is 9.97 Å². The molecule has 0 aliphatic rings. The van der Waals surface area contributed by atoms with Crippen LogP contribution in [0.25, 0.3) is 0 Å². The quantitative estimate of drug-likeness (QED) is 0.729. The van der Waals surface area contributed by atoms with Crippen molar-refractivity contribution in [1.29, 1.82) is 0 Å². The van der Waals surface area contributed by atoms with Crippen LogP contribution in [0.15, 0.2) is 6.20 Å². The smallest absolute Gasteiger partial charge is 0.224 e. The number of nitrogens with one attached hydrogen (secondary N) is 2. The minimum Gasteiger partial charge on any atom is -0.394 e. The van der Waals surface area contributed by atoms with Crippen LogP contribution in [0.1, 0.15) is 13.8 Å². The van der Waals surface area contributed by atoms with Crippen LogP contribution in [0, 0.1) is 0 Å². The zero-order valence-electron chi connectivity index (χ0n) is 9.00. The first-order valence-electron chi connectivity index (χ1n) is 4.58. The summed E-state index contributed by atoms with van der Waals surface area (Å²) in [7, 11) is 1.73. The van der Waals surface area contributed by atoms with Gasteiger partial charge in [0.25, 0.3) is 0 Å². The lowest BCUT2D eigenvalue weighted by atomic mass is 10.1. The molecule has 1 aromatic rings. The van der Waals surface area contributed by atoms with E-state index in [1.54, 1.807) is 7.05 Å². The van der Waals surface area contributed by atoms with E-state index < -0.39 is 5.54 Å². The summed E-state index contributed by atoms with van der Waals surface area (Å²) in [5.74, 6) is 0.991. The molecule has 0 aliphatic heterocycles. The first-order chi connectivity index (χ1) is 6.98. The number of hydrogen-bond acceptors (Lipinski definition) is 5. The first kappa shape index (κ1) is 12.0. The van der Waals surface area contributed by atoms with Crippen LogP contribution < -0.4 is 10.6 Å². The standard InChI is InChI=1S/C9H15ClN4O/c1-9(2,5-15)14-7-6(10)4-12-8(11-3)13-7/h4,15H,5H2,1-3H3,(H2,11,12,13,14). The number of aliphatic hydroxyl groups is 1. The molecule has 0 amide bonds. The van der Waals surface area contributed by atoms with Gasteiger partial charge >= 0.3 is 0 Å². The summed E-state index contributed by atoms with van der Waals surface area (Å²) in [4.78, 5) is 8.10. The van der Waals surface area contributed by atoms with Gasteiger partial charge < -0.3 is 15.7 Å². The molecule has 6 heteroatoms. The molecule has 0 fully saturated rings. The van der Waals surface area contributed by atoms with Crippen molar-refractivity contribution in [3.63, 3.8) is 0 Å². The van der Waals surface area contributed by atoms with Crippen molar-refractivity contribution in [2.45, 2.75) is 19.4 Å². The molecule has 0 saturated carbocycles. The third-order valence-corrected chi connectivity index (χ3v) is 2.10. The summed E-state index contributed by atoms with van der Waals surface area (Å²) in [5.41, 5.74) is -0.469. The van der Waals surface area contributed by atoms with E-state index in [9.17, 15) is 0 Å². The monoisotopic (exact) mass is 230 g/mol. The van der Waals surface area contributed by atoms with Gasteiger partial charge in [-0.15, -0.1) is 0 Å². The molecule has 1 rings (SSSR count). The van der Waals surface area contributed by atoms with E-state index in [1.807, 2.05) is 13.8 Å². The second kappa shape index (κ2) is 4.63. The SMILES string of the molecule is CNc1ncc(Cl)c(NC(C)(C)CO)n1. The predicted molar refractivity (Wildman–Crippen MR) is 61.4 cm³/mol. The lowest BCUT2D eigenvalue weighted by Gasteiger charge is -2.24. The normalized spacial score (nSPS) is 11.3. The number of hydrogen-bond donors (Lipinski definition) is 3. The van der Waals surface area contributed by atoms with Crippen LogP contribution in [0.3, 0.4) is 0 Å². The molecule has 5 nitrogen and oxygen atoms in total. The fraction of sp³-hybridized carbons (Fsp3) is 0.556. The fourth-order valence-electron chi connectivity index (χ4n) is 0.935. The molecule has 0 aliphatic carbocycles. The Labute approximate surface area is 93.9 Å². The maximum absolute atomic E-state index is 9.11. The predicted octanol–water partition coefficient (Wildman–Crippen LogP) is 1.35. The van der Waals surface area contributed by atoms with Crippen LogP contribution in [0.2, 0.25) is 5.02 Å². The van der Waals surface area contributed by atoms with E-state index in [2.05, 4.69) is 20.6 Å². The fourth-order valence-corrected chi connectivity index (χ4v) is 1.07. The van der Waals surface area contributed by atoms with Crippen LogP contribution in [0.5, 0.6) is 0 Å². The van der Waals surface area contributed by atoms with Crippen molar-refractivity contribution < 1.29 is 5.11 Å². The number of anilines is 2. The van der Waals surface area contributed by atoms with Gasteiger partial charge in [0.15, 0.2) is 5.82 Å². The van der Waals surface area contributed by atoms with Crippen LogP contribution in [0.4, 0.5) is 11.8 Å². The highest BCUT2D eigenvalue weighted by molar-refractivity contribution is 6.32. The molecular weight excluding hydrogens is 216 g/mol. The highest BCUT2D eigenvalue weighted by Crippen LogP contribution is 2.22. The molecule has 0 unspecified atom stereocenters. The van der Waals surface area contributed by atoms with E-state index in [0.29, 0.717) is 16.8 Å². The lowest BCUT2D eigenvalue weighted by Crippen LogP contribution is -2.35. The van der Waals surface area contributed by atoms with Gasteiger partial charge in [0, 0.05) is 7.05 Å². The summed E-state index contributed by atoms with van der Waals surface area (Å²) < 4.78 is 0. The minimum absolute atomic E-state index is 0.0117. The van der Waals surface area contributed by atoms with Crippen molar-refractivity contribution in [2.75, 3.05) is 24.3 Å². The first-order valence-corrected chi connectivity index (χ1v) is 4.95. The van der Waals surface area contributed by atoms with Crippen molar-refractivity contribution in [3.8, 4) is 0 Å². The van der Waals surface area contributed by atoms with Crippen LogP contribution in [-0.4, -0.2) is 34.3 Å². The Morgan fingerprint density at radius 2 is 2.20 bits per heavy atom. The van der Waals surface area contributed by atoms with Gasteiger partial charge in [0.2, 0.25) is 5.95 Å². The van der Waals surface area contributed by atoms with Gasteiger partial charge in [-0.3, -0.25) is 0 Å². The Kier molecular flexibility index (Phi) is 3.71. The van der Waals surface area contributed by atoms with Gasteiger partial charge in [-0.1, -0.05) is 11.6 Å². The van der Waals surface area contributed by atoms with E-state index in [4.69, 9.17) is 16.7 Å². The molecule has 0 saturated heterocycles. The molecule has 1 heterocycles. The van der Waals surface area contributed by atoms with Crippen molar-refractivity contribution in [3.05, 3.63) is 11.2 Å². The Hall–Kier alpha value is -1.07. The Balaban J connectivity index is 2.93. The lowest BCUT2D eigenvalue weighted by molar-refractivity contribution is 0.234.